The number of ether oxygens (including phenoxy) is 2. The number of rotatable bonds is 7. The van der Waals surface area contributed by atoms with Crippen LogP contribution in [-0.2, 0) is 9.47 Å². The zero-order valence-corrected chi connectivity index (χ0v) is 22.1. The predicted octanol–water partition coefficient (Wildman–Crippen LogP) is 5.67. The topological polar surface area (TPSA) is 106 Å². The van der Waals surface area contributed by atoms with Crippen LogP contribution >= 0.6 is 11.3 Å². The number of anilines is 4. The van der Waals surface area contributed by atoms with Crippen LogP contribution in [0.1, 0.15) is 6.92 Å². The van der Waals surface area contributed by atoms with Gasteiger partial charge in [0, 0.05) is 53.5 Å². The maximum atomic E-state index is 12.0. The summed E-state index contributed by atoms with van der Waals surface area (Å²) in [7, 11) is 0. The van der Waals surface area contributed by atoms with E-state index in [1.807, 2.05) is 58.4 Å². The van der Waals surface area contributed by atoms with E-state index in [4.69, 9.17) is 19.4 Å². The highest BCUT2D eigenvalue weighted by Gasteiger charge is 2.19. The fraction of sp³-hybridized carbons (Fsp3) is 0.214. The molecule has 0 saturated carbocycles. The van der Waals surface area contributed by atoms with E-state index < -0.39 is 6.09 Å². The van der Waals surface area contributed by atoms with E-state index in [2.05, 4.69) is 32.7 Å². The minimum absolute atomic E-state index is 0.301. The van der Waals surface area contributed by atoms with Gasteiger partial charge in [-0.25, -0.2) is 19.7 Å². The Morgan fingerprint density at radius 1 is 1.08 bits per heavy atom. The monoisotopic (exact) mass is 541 g/mol. The van der Waals surface area contributed by atoms with Gasteiger partial charge in [-0.3, -0.25) is 9.72 Å². The number of fused-ring (bicyclic) bond motifs is 1. The molecule has 0 bridgehead atoms. The van der Waals surface area contributed by atoms with Crippen molar-refractivity contribution in [3.8, 4) is 22.6 Å². The molecule has 11 heteroatoms. The largest absolute Gasteiger partial charge is 0.450 e. The molecule has 2 aromatic carbocycles. The number of benzene rings is 2. The molecule has 0 atom stereocenters. The quantitative estimate of drug-likeness (QED) is 0.272. The van der Waals surface area contributed by atoms with Crippen molar-refractivity contribution in [2.24, 2.45) is 0 Å². The number of thiazole rings is 1. The van der Waals surface area contributed by atoms with Crippen molar-refractivity contribution in [2.45, 2.75) is 6.92 Å². The zero-order valence-electron chi connectivity index (χ0n) is 21.3. The summed E-state index contributed by atoms with van der Waals surface area (Å²) in [5, 5.41) is 8.08. The molecular weight excluding hydrogens is 514 g/mol. The summed E-state index contributed by atoms with van der Waals surface area (Å²) in [6.07, 6.45) is 3.22. The fourth-order valence-electron chi connectivity index (χ4n) is 4.52. The summed E-state index contributed by atoms with van der Waals surface area (Å²) >= 11 is 1.54. The highest BCUT2D eigenvalue weighted by molar-refractivity contribution is 7.15. The van der Waals surface area contributed by atoms with Gasteiger partial charge in [0.1, 0.15) is 5.69 Å². The third-order valence-electron chi connectivity index (χ3n) is 6.32. The number of hydrogen-bond donors (Lipinski definition) is 2. The molecule has 0 radical (unpaired) electrons. The first kappa shape index (κ1) is 24.8. The van der Waals surface area contributed by atoms with Crippen LogP contribution in [-0.4, -0.2) is 58.4 Å². The normalized spacial score (nSPS) is 13.4. The standard InChI is InChI=1S/C28H27N7O3S/c1-2-38-28(36)31-21-5-3-4-19(18-21)24-25(35-14-17-39-27(35)33-24)23-10-11-29-26(32-23)30-20-6-8-22(9-7-20)34-12-15-37-16-13-34/h3-11,14,17-18H,2,12-13,15-16H2,1H3,(H,31,36)(H,29,30,32). The van der Waals surface area contributed by atoms with Crippen LogP contribution < -0.4 is 15.5 Å². The Bertz CT molecular complexity index is 1590. The van der Waals surface area contributed by atoms with E-state index in [1.54, 1.807) is 24.5 Å². The number of morpholine rings is 1. The number of imidazole rings is 1. The maximum absolute atomic E-state index is 12.0. The van der Waals surface area contributed by atoms with E-state index >= 15 is 0 Å². The van der Waals surface area contributed by atoms with Crippen molar-refractivity contribution in [3.63, 3.8) is 0 Å². The van der Waals surface area contributed by atoms with Gasteiger partial charge in [0.05, 0.1) is 31.2 Å². The average Bonchev–Trinajstić information content (AvgIpc) is 3.56. The van der Waals surface area contributed by atoms with Gasteiger partial charge < -0.3 is 19.7 Å². The van der Waals surface area contributed by atoms with Gasteiger partial charge >= 0.3 is 6.09 Å². The lowest BCUT2D eigenvalue weighted by atomic mass is 10.1. The molecule has 39 heavy (non-hydrogen) atoms. The number of carbonyl (C=O) groups is 1. The Morgan fingerprint density at radius 3 is 2.74 bits per heavy atom. The van der Waals surface area contributed by atoms with Crippen LogP contribution in [0.3, 0.4) is 0 Å². The highest BCUT2D eigenvalue weighted by atomic mass is 32.1. The second-order valence-electron chi connectivity index (χ2n) is 8.83. The Labute approximate surface area is 229 Å². The molecule has 1 aliphatic heterocycles. The molecule has 0 spiro atoms. The van der Waals surface area contributed by atoms with Crippen molar-refractivity contribution in [2.75, 3.05) is 48.4 Å². The molecule has 3 aromatic heterocycles. The number of amides is 1. The molecule has 198 valence electrons. The molecule has 4 heterocycles. The second kappa shape index (κ2) is 11.1. The molecule has 0 unspecified atom stereocenters. The van der Waals surface area contributed by atoms with Crippen LogP contribution in [0.4, 0.5) is 27.8 Å². The van der Waals surface area contributed by atoms with Crippen molar-refractivity contribution in [1.82, 2.24) is 19.4 Å². The van der Waals surface area contributed by atoms with Gasteiger partial charge in [-0.2, -0.15) is 0 Å². The Morgan fingerprint density at radius 2 is 1.92 bits per heavy atom. The van der Waals surface area contributed by atoms with Gasteiger partial charge in [0.15, 0.2) is 4.96 Å². The van der Waals surface area contributed by atoms with Crippen LogP contribution in [0.15, 0.2) is 72.4 Å². The molecule has 2 N–H and O–H groups in total. The summed E-state index contributed by atoms with van der Waals surface area (Å²) in [4.78, 5) is 29.3. The third kappa shape index (κ3) is 5.40. The molecule has 1 aliphatic rings. The number of hydrogen-bond acceptors (Lipinski definition) is 9. The molecule has 1 saturated heterocycles. The smallest absolute Gasteiger partial charge is 0.411 e. The number of carbonyl (C=O) groups excluding carboxylic acids is 1. The van der Waals surface area contributed by atoms with Crippen molar-refractivity contribution < 1.29 is 14.3 Å². The van der Waals surface area contributed by atoms with E-state index in [9.17, 15) is 4.79 Å². The van der Waals surface area contributed by atoms with Gasteiger partial charge in [-0.05, 0) is 49.4 Å². The Hall–Kier alpha value is -4.48. The first-order chi connectivity index (χ1) is 19.2. The molecular formula is C28H27N7O3S. The summed E-state index contributed by atoms with van der Waals surface area (Å²) in [6.45, 7) is 5.36. The highest BCUT2D eigenvalue weighted by Crippen LogP contribution is 2.35. The maximum Gasteiger partial charge on any atom is 0.411 e. The molecule has 1 amide bonds. The molecule has 1 fully saturated rings. The van der Waals surface area contributed by atoms with Gasteiger partial charge in [0.25, 0.3) is 0 Å². The summed E-state index contributed by atoms with van der Waals surface area (Å²) < 4.78 is 12.5. The van der Waals surface area contributed by atoms with Crippen LogP contribution in [0.2, 0.25) is 0 Å². The molecule has 0 aliphatic carbocycles. The van der Waals surface area contributed by atoms with Crippen LogP contribution in [0.25, 0.3) is 27.6 Å². The predicted molar refractivity (Wildman–Crippen MR) is 153 cm³/mol. The van der Waals surface area contributed by atoms with Gasteiger partial charge in [-0.1, -0.05) is 12.1 Å². The number of nitrogens with zero attached hydrogens (tertiary/aromatic N) is 5. The van der Waals surface area contributed by atoms with Gasteiger partial charge in [-0.15, -0.1) is 11.3 Å². The summed E-state index contributed by atoms with van der Waals surface area (Å²) in [5.74, 6) is 0.487. The number of aromatic nitrogens is 4. The zero-order chi connectivity index (χ0) is 26.6. The first-order valence-electron chi connectivity index (χ1n) is 12.7. The van der Waals surface area contributed by atoms with Gasteiger partial charge in [0.2, 0.25) is 5.95 Å². The first-order valence-corrected chi connectivity index (χ1v) is 13.6. The van der Waals surface area contributed by atoms with E-state index in [0.29, 0.717) is 18.2 Å². The molecule has 5 aromatic rings. The third-order valence-corrected chi connectivity index (χ3v) is 7.07. The van der Waals surface area contributed by atoms with E-state index in [1.165, 1.54) is 5.69 Å². The Balaban J connectivity index is 1.29. The van der Waals surface area contributed by atoms with Crippen molar-refractivity contribution >= 4 is 45.4 Å². The number of nitrogens with one attached hydrogen (secondary N) is 2. The van der Waals surface area contributed by atoms with Crippen molar-refractivity contribution in [1.29, 1.82) is 0 Å². The van der Waals surface area contributed by atoms with E-state index in [-0.39, 0.29) is 0 Å². The Kier molecular flexibility index (Phi) is 7.07. The SMILES string of the molecule is CCOC(=O)Nc1cccc(-c2nc3sccn3c2-c2ccnc(Nc3ccc(N4CCOCC4)cc3)n2)c1. The lowest BCUT2D eigenvalue weighted by molar-refractivity contribution is 0.122. The molecule has 10 nitrogen and oxygen atoms in total. The summed E-state index contributed by atoms with van der Waals surface area (Å²) in [6, 6.07) is 17.7. The second-order valence-corrected chi connectivity index (χ2v) is 9.70. The fourth-order valence-corrected chi connectivity index (χ4v) is 5.23. The lowest BCUT2D eigenvalue weighted by Crippen LogP contribution is -2.36. The lowest BCUT2D eigenvalue weighted by Gasteiger charge is -2.28. The summed E-state index contributed by atoms with van der Waals surface area (Å²) in [5.41, 5.74) is 5.86. The van der Waals surface area contributed by atoms with Crippen LogP contribution in [0.5, 0.6) is 0 Å². The minimum Gasteiger partial charge on any atom is -0.450 e. The van der Waals surface area contributed by atoms with Crippen LogP contribution in [0, 0.1) is 0 Å². The molecule has 6 rings (SSSR count). The average molecular weight is 542 g/mol. The van der Waals surface area contributed by atoms with E-state index in [0.717, 1.165) is 59.6 Å². The minimum atomic E-state index is -0.495. The van der Waals surface area contributed by atoms with Crippen molar-refractivity contribution in [3.05, 3.63) is 72.4 Å².